The van der Waals surface area contributed by atoms with Crippen LogP contribution < -0.4 is 9.47 Å². The zero-order chi connectivity index (χ0) is 20.1. The average molecular weight is 434 g/mol. The Labute approximate surface area is 179 Å². The second-order valence-electron chi connectivity index (χ2n) is 6.07. The quantitative estimate of drug-likeness (QED) is 0.335. The first kappa shape index (κ1) is 20.7. The number of amides is 1. The molecule has 0 spiro atoms. The molecule has 0 bridgehead atoms. The van der Waals surface area contributed by atoms with Crippen LogP contribution in [-0.2, 0) is 4.79 Å². The predicted molar refractivity (Wildman–Crippen MR) is 119 cm³/mol. The lowest BCUT2D eigenvalue weighted by Crippen LogP contribution is -2.27. The summed E-state index contributed by atoms with van der Waals surface area (Å²) in [7, 11) is 0. The lowest BCUT2D eigenvalue weighted by Gasteiger charge is -2.11. The molecule has 1 saturated heterocycles. The number of hydrogen-bond donors (Lipinski definition) is 0. The van der Waals surface area contributed by atoms with Crippen molar-refractivity contribution in [2.75, 3.05) is 19.8 Å². The molecule has 0 N–H and O–H groups in total. The van der Waals surface area contributed by atoms with Crippen molar-refractivity contribution in [3.05, 3.63) is 63.5 Å². The number of likely N-dealkylation sites (N-methyl/N-ethyl adjacent to an activating group) is 1. The summed E-state index contributed by atoms with van der Waals surface area (Å²) < 4.78 is 12.2. The van der Waals surface area contributed by atoms with Gasteiger partial charge in [0.05, 0.1) is 4.91 Å². The maximum atomic E-state index is 12.4. The molecular formula is C21H20ClNO3S2. The highest BCUT2D eigenvalue weighted by molar-refractivity contribution is 8.26. The summed E-state index contributed by atoms with van der Waals surface area (Å²) in [4.78, 5) is 14.6. The van der Waals surface area contributed by atoms with Gasteiger partial charge >= 0.3 is 0 Å². The van der Waals surface area contributed by atoms with Crippen LogP contribution in [0.5, 0.6) is 11.5 Å². The van der Waals surface area contributed by atoms with E-state index in [1.165, 1.54) is 11.8 Å². The average Bonchev–Trinajstić information content (AvgIpc) is 2.95. The Morgan fingerprint density at radius 2 is 1.93 bits per heavy atom. The van der Waals surface area contributed by atoms with Crippen molar-refractivity contribution < 1.29 is 14.3 Å². The zero-order valence-electron chi connectivity index (χ0n) is 15.6. The largest absolute Gasteiger partial charge is 0.490 e. The number of carbonyl (C=O) groups is 1. The molecule has 0 atom stereocenters. The van der Waals surface area contributed by atoms with Crippen LogP contribution in [0.3, 0.4) is 0 Å². The molecule has 2 aromatic carbocycles. The summed E-state index contributed by atoms with van der Waals surface area (Å²) in [5, 5.41) is 0.714. The Morgan fingerprint density at radius 1 is 1.18 bits per heavy atom. The van der Waals surface area contributed by atoms with E-state index in [-0.39, 0.29) is 5.91 Å². The van der Waals surface area contributed by atoms with Crippen molar-refractivity contribution in [1.82, 2.24) is 4.90 Å². The van der Waals surface area contributed by atoms with Crippen LogP contribution in [0.15, 0.2) is 47.4 Å². The zero-order valence-corrected chi connectivity index (χ0v) is 18.0. The van der Waals surface area contributed by atoms with E-state index in [0.717, 1.165) is 16.9 Å². The van der Waals surface area contributed by atoms with Crippen molar-refractivity contribution in [3.8, 4) is 11.5 Å². The third-order valence-corrected chi connectivity index (χ3v) is 5.94. The Bertz CT molecular complexity index is 930. The van der Waals surface area contributed by atoms with Crippen LogP contribution in [0, 0.1) is 6.92 Å². The molecule has 28 heavy (non-hydrogen) atoms. The molecule has 1 heterocycles. The fourth-order valence-electron chi connectivity index (χ4n) is 2.66. The van der Waals surface area contributed by atoms with Crippen LogP contribution in [-0.4, -0.2) is 34.9 Å². The number of para-hydroxylation sites is 1. The van der Waals surface area contributed by atoms with Gasteiger partial charge in [-0.05, 0) is 49.8 Å². The standard InChI is InChI=1S/C21H20ClNO3S2/c1-3-23-20(24)19(28-21(23)27)13-15-6-4-5-7-18(15)26-11-10-25-16-8-9-17(22)14(2)12-16/h4-9,12-13H,3,10-11H2,1-2H3. The highest BCUT2D eigenvalue weighted by Crippen LogP contribution is 2.34. The van der Waals surface area contributed by atoms with Crippen LogP contribution in [0.4, 0.5) is 0 Å². The summed E-state index contributed by atoms with van der Waals surface area (Å²) in [6, 6.07) is 13.1. The molecule has 4 nitrogen and oxygen atoms in total. The molecule has 1 aliphatic rings. The maximum absolute atomic E-state index is 12.4. The van der Waals surface area contributed by atoms with Gasteiger partial charge in [-0.3, -0.25) is 9.69 Å². The van der Waals surface area contributed by atoms with Crippen molar-refractivity contribution in [1.29, 1.82) is 0 Å². The van der Waals surface area contributed by atoms with E-state index in [1.54, 1.807) is 4.90 Å². The van der Waals surface area contributed by atoms with Crippen LogP contribution in [0.2, 0.25) is 5.02 Å². The molecular weight excluding hydrogens is 414 g/mol. The van der Waals surface area contributed by atoms with Gasteiger partial charge in [-0.2, -0.15) is 0 Å². The molecule has 0 aromatic heterocycles. The van der Waals surface area contributed by atoms with Gasteiger partial charge in [-0.25, -0.2) is 0 Å². The Balaban J connectivity index is 1.63. The number of nitrogens with zero attached hydrogens (tertiary/aromatic N) is 1. The molecule has 1 amide bonds. The SMILES string of the molecule is CCN1C(=O)C(=Cc2ccccc2OCCOc2ccc(Cl)c(C)c2)SC1=S. The van der Waals surface area contributed by atoms with Gasteiger partial charge in [-0.15, -0.1) is 0 Å². The first-order valence-corrected chi connectivity index (χ1v) is 10.5. The molecule has 146 valence electrons. The molecule has 3 rings (SSSR count). The van der Waals surface area contributed by atoms with Crippen molar-refractivity contribution >= 4 is 51.9 Å². The van der Waals surface area contributed by atoms with Crippen LogP contribution in [0.25, 0.3) is 6.08 Å². The molecule has 7 heteroatoms. The number of ether oxygens (including phenoxy) is 2. The molecule has 2 aromatic rings. The lowest BCUT2D eigenvalue weighted by atomic mass is 10.2. The summed E-state index contributed by atoms with van der Waals surface area (Å²) in [6.45, 7) is 5.19. The van der Waals surface area contributed by atoms with Crippen LogP contribution >= 0.6 is 35.6 Å². The van der Waals surface area contributed by atoms with E-state index in [0.29, 0.717) is 39.8 Å². The monoisotopic (exact) mass is 433 g/mol. The Morgan fingerprint density at radius 3 is 2.64 bits per heavy atom. The van der Waals surface area contributed by atoms with E-state index < -0.39 is 0 Å². The number of halogens is 1. The fourth-order valence-corrected chi connectivity index (χ4v) is 4.16. The summed E-state index contributed by atoms with van der Waals surface area (Å²) in [6.07, 6.45) is 1.83. The minimum absolute atomic E-state index is 0.0613. The molecule has 0 unspecified atom stereocenters. The highest BCUT2D eigenvalue weighted by atomic mass is 35.5. The predicted octanol–water partition coefficient (Wildman–Crippen LogP) is 5.33. The molecule has 1 fully saturated rings. The van der Waals surface area contributed by atoms with E-state index in [4.69, 9.17) is 33.3 Å². The van der Waals surface area contributed by atoms with Gasteiger partial charge in [0.25, 0.3) is 5.91 Å². The number of thiocarbonyl (C=S) groups is 1. The van der Waals surface area contributed by atoms with Crippen molar-refractivity contribution in [3.63, 3.8) is 0 Å². The molecule has 1 aliphatic heterocycles. The van der Waals surface area contributed by atoms with E-state index in [9.17, 15) is 4.79 Å². The fraction of sp³-hybridized carbons (Fsp3) is 0.238. The summed E-state index contributed by atoms with van der Waals surface area (Å²) in [5.74, 6) is 1.39. The minimum Gasteiger partial charge on any atom is -0.490 e. The number of rotatable bonds is 7. The highest BCUT2D eigenvalue weighted by Gasteiger charge is 2.30. The van der Waals surface area contributed by atoms with Gasteiger partial charge in [0.1, 0.15) is 29.0 Å². The Hall–Kier alpha value is -2.02. The van der Waals surface area contributed by atoms with Crippen molar-refractivity contribution in [2.45, 2.75) is 13.8 Å². The summed E-state index contributed by atoms with van der Waals surface area (Å²) >= 11 is 12.6. The smallest absolute Gasteiger partial charge is 0.266 e. The number of hydrogen-bond acceptors (Lipinski definition) is 5. The first-order chi connectivity index (χ1) is 13.5. The first-order valence-electron chi connectivity index (χ1n) is 8.85. The topological polar surface area (TPSA) is 38.8 Å². The van der Waals surface area contributed by atoms with E-state index >= 15 is 0 Å². The second kappa shape index (κ2) is 9.45. The summed E-state index contributed by atoms with van der Waals surface area (Å²) in [5.41, 5.74) is 1.80. The maximum Gasteiger partial charge on any atom is 0.266 e. The third-order valence-electron chi connectivity index (χ3n) is 4.13. The number of carbonyl (C=O) groups excluding carboxylic acids is 1. The Kier molecular flexibility index (Phi) is 6.99. The van der Waals surface area contributed by atoms with Gasteiger partial charge in [0.15, 0.2) is 0 Å². The molecule has 0 radical (unpaired) electrons. The van der Waals surface area contributed by atoms with Crippen LogP contribution in [0.1, 0.15) is 18.1 Å². The van der Waals surface area contributed by atoms with E-state index in [2.05, 4.69) is 0 Å². The van der Waals surface area contributed by atoms with Crippen molar-refractivity contribution in [2.24, 2.45) is 0 Å². The second-order valence-corrected chi connectivity index (χ2v) is 8.15. The number of benzene rings is 2. The van der Waals surface area contributed by atoms with Gasteiger partial charge in [-0.1, -0.05) is 53.8 Å². The van der Waals surface area contributed by atoms with Gasteiger partial charge < -0.3 is 9.47 Å². The number of thioether (sulfide) groups is 1. The number of aryl methyl sites for hydroxylation is 1. The molecule has 0 saturated carbocycles. The third kappa shape index (κ3) is 4.87. The van der Waals surface area contributed by atoms with Gasteiger partial charge in [0, 0.05) is 17.1 Å². The van der Waals surface area contributed by atoms with Gasteiger partial charge in [0.2, 0.25) is 0 Å². The van der Waals surface area contributed by atoms with E-state index in [1.807, 2.05) is 62.4 Å². The normalized spacial score (nSPS) is 15.4. The molecule has 0 aliphatic carbocycles. The lowest BCUT2D eigenvalue weighted by molar-refractivity contribution is -0.121. The minimum atomic E-state index is -0.0613.